The van der Waals surface area contributed by atoms with Crippen molar-refractivity contribution in [2.45, 2.75) is 46.0 Å². The molecular formula is C11H18N2. The zero-order valence-corrected chi connectivity index (χ0v) is 8.96. The number of hydrogen-bond acceptors (Lipinski definition) is 2. The molecule has 0 aliphatic rings. The Bertz CT molecular complexity index is 256. The van der Waals surface area contributed by atoms with Crippen LogP contribution in [-0.4, -0.2) is 9.97 Å². The molecule has 0 unspecified atom stereocenters. The maximum absolute atomic E-state index is 4.32. The predicted octanol–water partition coefficient (Wildman–Crippen LogP) is 2.73. The van der Waals surface area contributed by atoms with E-state index in [1.807, 2.05) is 12.4 Å². The van der Waals surface area contributed by atoms with E-state index in [1.54, 1.807) is 0 Å². The third kappa shape index (κ3) is 2.79. The van der Waals surface area contributed by atoms with Crippen LogP contribution in [0.2, 0.25) is 0 Å². The van der Waals surface area contributed by atoms with E-state index >= 15 is 0 Å². The van der Waals surface area contributed by atoms with Gasteiger partial charge in [-0.2, -0.15) is 0 Å². The highest BCUT2D eigenvalue weighted by Gasteiger charge is 2.13. The van der Waals surface area contributed by atoms with Crippen molar-refractivity contribution in [3.05, 3.63) is 23.8 Å². The Morgan fingerprint density at radius 3 is 2.08 bits per heavy atom. The molecule has 2 heteroatoms. The Morgan fingerprint density at radius 1 is 1.15 bits per heavy atom. The van der Waals surface area contributed by atoms with Gasteiger partial charge < -0.3 is 0 Å². The Labute approximate surface area is 80.4 Å². The van der Waals surface area contributed by atoms with Gasteiger partial charge in [-0.25, -0.2) is 9.97 Å². The van der Waals surface area contributed by atoms with Crippen molar-refractivity contribution < 1.29 is 0 Å². The van der Waals surface area contributed by atoms with Gasteiger partial charge in [-0.15, -0.1) is 0 Å². The van der Waals surface area contributed by atoms with Gasteiger partial charge in [0.25, 0.3) is 0 Å². The van der Waals surface area contributed by atoms with Crippen LogP contribution in [-0.2, 0) is 11.8 Å². The van der Waals surface area contributed by atoms with Crippen LogP contribution in [0, 0.1) is 0 Å². The molecule has 0 saturated carbocycles. The van der Waals surface area contributed by atoms with Gasteiger partial charge in [0.05, 0.1) is 0 Å². The van der Waals surface area contributed by atoms with Gasteiger partial charge in [0.2, 0.25) is 0 Å². The zero-order chi connectivity index (χ0) is 9.90. The van der Waals surface area contributed by atoms with Gasteiger partial charge in [-0.1, -0.05) is 27.7 Å². The molecule has 1 heterocycles. The normalized spacial score (nSPS) is 11.7. The monoisotopic (exact) mass is 178 g/mol. The van der Waals surface area contributed by atoms with E-state index in [1.165, 1.54) is 5.56 Å². The second-order valence-electron chi connectivity index (χ2n) is 4.39. The fraction of sp³-hybridized carbons (Fsp3) is 0.636. The SMILES string of the molecule is CCCc1ncc(C(C)(C)C)cn1. The fourth-order valence-electron chi connectivity index (χ4n) is 1.09. The highest BCUT2D eigenvalue weighted by Crippen LogP contribution is 2.19. The van der Waals surface area contributed by atoms with E-state index in [-0.39, 0.29) is 5.41 Å². The van der Waals surface area contributed by atoms with Crippen LogP contribution in [0.4, 0.5) is 0 Å². The van der Waals surface area contributed by atoms with Crippen LogP contribution in [0.1, 0.15) is 45.5 Å². The van der Waals surface area contributed by atoms with Crippen molar-refractivity contribution in [3.8, 4) is 0 Å². The molecule has 1 aromatic heterocycles. The molecule has 0 amide bonds. The summed E-state index contributed by atoms with van der Waals surface area (Å²) in [5, 5.41) is 0. The molecule has 72 valence electrons. The van der Waals surface area contributed by atoms with E-state index in [4.69, 9.17) is 0 Å². The lowest BCUT2D eigenvalue weighted by atomic mass is 9.89. The summed E-state index contributed by atoms with van der Waals surface area (Å²) in [4.78, 5) is 8.65. The van der Waals surface area contributed by atoms with Gasteiger partial charge >= 0.3 is 0 Å². The quantitative estimate of drug-likeness (QED) is 0.696. The van der Waals surface area contributed by atoms with Gasteiger partial charge in [0.1, 0.15) is 5.82 Å². The molecule has 0 atom stereocenters. The molecule has 1 rings (SSSR count). The first kappa shape index (κ1) is 10.2. The van der Waals surface area contributed by atoms with Crippen molar-refractivity contribution in [1.82, 2.24) is 9.97 Å². The first-order chi connectivity index (χ1) is 6.04. The smallest absolute Gasteiger partial charge is 0.128 e. The van der Waals surface area contributed by atoms with Crippen LogP contribution < -0.4 is 0 Å². The van der Waals surface area contributed by atoms with Crippen LogP contribution in [0.3, 0.4) is 0 Å². The van der Waals surface area contributed by atoms with Gasteiger partial charge in [-0.05, 0) is 17.4 Å². The number of nitrogens with zero attached hydrogens (tertiary/aromatic N) is 2. The fourth-order valence-corrected chi connectivity index (χ4v) is 1.09. The van der Waals surface area contributed by atoms with E-state index < -0.39 is 0 Å². The third-order valence-electron chi connectivity index (χ3n) is 2.04. The molecule has 0 fully saturated rings. The van der Waals surface area contributed by atoms with Crippen LogP contribution in [0.15, 0.2) is 12.4 Å². The Hall–Kier alpha value is -0.920. The molecule has 0 saturated heterocycles. The van der Waals surface area contributed by atoms with E-state index in [9.17, 15) is 0 Å². The van der Waals surface area contributed by atoms with Crippen LogP contribution >= 0.6 is 0 Å². The highest BCUT2D eigenvalue weighted by molar-refractivity contribution is 5.15. The molecule has 0 bridgehead atoms. The van der Waals surface area contributed by atoms with Crippen molar-refractivity contribution in [1.29, 1.82) is 0 Å². The van der Waals surface area contributed by atoms with Gasteiger partial charge in [-0.3, -0.25) is 0 Å². The summed E-state index contributed by atoms with van der Waals surface area (Å²) < 4.78 is 0. The summed E-state index contributed by atoms with van der Waals surface area (Å²) in [5.74, 6) is 0.954. The minimum absolute atomic E-state index is 0.157. The molecule has 0 spiro atoms. The lowest BCUT2D eigenvalue weighted by molar-refractivity contribution is 0.581. The molecule has 1 aromatic rings. The standard InChI is InChI=1S/C11H18N2/c1-5-6-10-12-7-9(8-13-10)11(2,3)4/h7-8H,5-6H2,1-4H3. The summed E-state index contributed by atoms with van der Waals surface area (Å²) in [6.07, 6.45) is 5.97. The van der Waals surface area contributed by atoms with Gasteiger partial charge in [0, 0.05) is 18.8 Å². The first-order valence-corrected chi connectivity index (χ1v) is 4.85. The largest absolute Gasteiger partial charge is 0.241 e. The Morgan fingerprint density at radius 2 is 1.69 bits per heavy atom. The van der Waals surface area contributed by atoms with E-state index in [0.29, 0.717) is 0 Å². The molecule has 0 aromatic carbocycles. The van der Waals surface area contributed by atoms with Crippen LogP contribution in [0.25, 0.3) is 0 Å². The number of rotatable bonds is 2. The Kier molecular flexibility index (Phi) is 3.02. The number of hydrogen-bond donors (Lipinski definition) is 0. The van der Waals surface area contributed by atoms with E-state index in [2.05, 4.69) is 37.7 Å². The molecule has 0 aliphatic heterocycles. The van der Waals surface area contributed by atoms with Crippen molar-refractivity contribution in [3.63, 3.8) is 0 Å². The second-order valence-corrected chi connectivity index (χ2v) is 4.39. The minimum Gasteiger partial charge on any atom is -0.241 e. The molecule has 0 aliphatic carbocycles. The number of aromatic nitrogens is 2. The second kappa shape index (κ2) is 3.86. The summed E-state index contributed by atoms with van der Waals surface area (Å²) in [5.41, 5.74) is 1.36. The van der Waals surface area contributed by atoms with Crippen LogP contribution in [0.5, 0.6) is 0 Å². The average molecular weight is 178 g/mol. The molecule has 0 radical (unpaired) electrons. The summed E-state index contributed by atoms with van der Waals surface area (Å²) in [6, 6.07) is 0. The molecular weight excluding hydrogens is 160 g/mol. The predicted molar refractivity (Wildman–Crippen MR) is 54.7 cm³/mol. The lowest BCUT2D eigenvalue weighted by Gasteiger charge is -2.17. The summed E-state index contributed by atoms with van der Waals surface area (Å²) in [7, 11) is 0. The van der Waals surface area contributed by atoms with Gasteiger partial charge in [0.15, 0.2) is 0 Å². The highest BCUT2D eigenvalue weighted by atomic mass is 14.9. The maximum atomic E-state index is 4.32. The molecule has 13 heavy (non-hydrogen) atoms. The van der Waals surface area contributed by atoms with Crippen molar-refractivity contribution in [2.24, 2.45) is 0 Å². The van der Waals surface area contributed by atoms with Crippen molar-refractivity contribution >= 4 is 0 Å². The molecule has 0 N–H and O–H groups in total. The Balaban J connectivity index is 2.81. The molecule has 2 nitrogen and oxygen atoms in total. The van der Waals surface area contributed by atoms with E-state index in [0.717, 1.165) is 18.7 Å². The first-order valence-electron chi connectivity index (χ1n) is 4.85. The summed E-state index contributed by atoms with van der Waals surface area (Å²) >= 11 is 0. The average Bonchev–Trinajstić information content (AvgIpc) is 2.04. The van der Waals surface area contributed by atoms with Crippen molar-refractivity contribution in [2.75, 3.05) is 0 Å². The zero-order valence-electron chi connectivity index (χ0n) is 8.96. The topological polar surface area (TPSA) is 25.8 Å². The maximum Gasteiger partial charge on any atom is 0.128 e. The lowest BCUT2D eigenvalue weighted by Crippen LogP contribution is -2.12. The summed E-state index contributed by atoms with van der Waals surface area (Å²) in [6.45, 7) is 8.66. The third-order valence-corrected chi connectivity index (χ3v) is 2.04. The minimum atomic E-state index is 0.157. The number of aryl methyl sites for hydroxylation is 1.